The summed E-state index contributed by atoms with van der Waals surface area (Å²) in [5, 5.41) is 10.4. The zero-order valence-corrected chi connectivity index (χ0v) is 17.6. The van der Waals surface area contributed by atoms with Gasteiger partial charge in [0.05, 0.1) is 16.8 Å². The van der Waals surface area contributed by atoms with Gasteiger partial charge in [0, 0.05) is 5.39 Å². The fourth-order valence-corrected chi connectivity index (χ4v) is 4.28. The van der Waals surface area contributed by atoms with Crippen LogP contribution < -0.4 is 0 Å². The SMILES string of the molecule is O=C(OCc1ccccc1)c1c2c(nc3ccccc13)/C(=C/c1ccc(O)cc1)CCC2. The lowest BCUT2D eigenvalue weighted by atomic mass is 9.86. The zero-order valence-electron chi connectivity index (χ0n) is 17.6. The number of allylic oxidation sites excluding steroid dienone is 1. The van der Waals surface area contributed by atoms with Crippen molar-refractivity contribution < 1.29 is 14.6 Å². The second-order valence-electron chi connectivity index (χ2n) is 8.01. The van der Waals surface area contributed by atoms with E-state index in [9.17, 15) is 9.90 Å². The lowest BCUT2D eigenvalue weighted by Crippen LogP contribution is -2.15. The molecule has 0 spiro atoms. The third-order valence-corrected chi connectivity index (χ3v) is 5.82. The van der Waals surface area contributed by atoms with Crippen molar-refractivity contribution in [2.75, 3.05) is 0 Å². The van der Waals surface area contributed by atoms with Gasteiger partial charge in [0.2, 0.25) is 0 Å². The van der Waals surface area contributed by atoms with E-state index >= 15 is 0 Å². The molecule has 1 aromatic heterocycles. The van der Waals surface area contributed by atoms with Gasteiger partial charge in [0.1, 0.15) is 12.4 Å². The maximum absolute atomic E-state index is 13.3. The topological polar surface area (TPSA) is 59.4 Å². The minimum atomic E-state index is -0.311. The lowest BCUT2D eigenvalue weighted by molar-refractivity contribution is 0.0473. The molecule has 0 saturated carbocycles. The Morgan fingerprint density at radius 1 is 0.938 bits per heavy atom. The van der Waals surface area contributed by atoms with Crippen LogP contribution in [0.1, 0.15) is 45.6 Å². The molecule has 158 valence electrons. The summed E-state index contributed by atoms with van der Waals surface area (Å²) in [6.07, 6.45) is 4.71. The number of aromatic hydroxyl groups is 1. The van der Waals surface area contributed by atoms with Crippen molar-refractivity contribution in [1.82, 2.24) is 4.98 Å². The van der Waals surface area contributed by atoms with Crippen molar-refractivity contribution in [3.8, 4) is 5.75 Å². The predicted molar refractivity (Wildman–Crippen MR) is 126 cm³/mol. The first-order valence-corrected chi connectivity index (χ1v) is 10.8. The van der Waals surface area contributed by atoms with Gasteiger partial charge in [-0.25, -0.2) is 9.78 Å². The molecule has 1 N–H and O–H groups in total. The number of fused-ring (bicyclic) bond motifs is 2. The van der Waals surface area contributed by atoms with E-state index in [4.69, 9.17) is 9.72 Å². The van der Waals surface area contributed by atoms with Crippen LogP contribution in [0.3, 0.4) is 0 Å². The van der Waals surface area contributed by atoms with Gasteiger partial charge >= 0.3 is 5.97 Å². The average molecular weight is 421 g/mol. The molecule has 5 rings (SSSR count). The van der Waals surface area contributed by atoms with E-state index in [1.54, 1.807) is 12.1 Å². The molecule has 1 aliphatic carbocycles. The predicted octanol–water partition coefficient (Wildman–Crippen LogP) is 6.17. The molecule has 0 fully saturated rings. The van der Waals surface area contributed by atoms with Crippen molar-refractivity contribution in [3.63, 3.8) is 0 Å². The number of phenolic OH excluding ortho intramolecular Hbond substituents is 1. The molecule has 32 heavy (non-hydrogen) atoms. The molecule has 4 aromatic rings. The molecule has 0 radical (unpaired) electrons. The van der Waals surface area contributed by atoms with Gasteiger partial charge in [-0.2, -0.15) is 0 Å². The molecule has 1 aliphatic rings. The average Bonchev–Trinajstić information content (AvgIpc) is 2.83. The molecular formula is C28H23NO3. The van der Waals surface area contributed by atoms with E-state index in [0.717, 1.165) is 58.1 Å². The highest BCUT2D eigenvalue weighted by Gasteiger charge is 2.26. The van der Waals surface area contributed by atoms with Crippen LogP contribution in [0.25, 0.3) is 22.6 Å². The standard InChI is InChI=1S/C28H23NO3/c30-22-15-13-19(14-16-22)17-21-9-6-11-24-26(23-10-4-5-12-25(23)29-27(21)24)28(31)32-18-20-7-2-1-3-8-20/h1-5,7-8,10,12-17,30H,6,9,11,18H2/b21-17+. The van der Waals surface area contributed by atoms with Crippen molar-refractivity contribution in [2.45, 2.75) is 25.9 Å². The van der Waals surface area contributed by atoms with Gasteiger partial charge in [0.25, 0.3) is 0 Å². The van der Waals surface area contributed by atoms with E-state index in [0.29, 0.717) is 5.56 Å². The van der Waals surface area contributed by atoms with Crippen molar-refractivity contribution in [3.05, 3.63) is 107 Å². The second-order valence-corrected chi connectivity index (χ2v) is 8.01. The third-order valence-electron chi connectivity index (χ3n) is 5.82. The number of nitrogens with zero attached hydrogens (tertiary/aromatic N) is 1. The minimum absolute atomic E-state index is 0.237. The molecule has 4 nitrogen and oxygen atoms in total. The Morgan fingerprint density at radius 2 is 1.69 bits per heavy atom. The number of phenols is 1. The number of hydrogen-bond donors (Lipinski definition) is 1. The quantitative estimate of drug-likeness (QED) is 0.400. The molecule has 4 heteroatoms. The molecule has 0 saturated heterocycles. The minimum Gasteiger partial charge on any atom is -0.508 e. The Balaban J connectivity index is 1.58. The van der Waals surface area contributed by atoms with Crippen LogP contribution in [0.4, 0.5) is 0 Å². The number of hydrogen-bond acceptors (Lipinski definition) is 4. The van der Waals surface area contributed by atoms with Crippen LogP contribution >= 0.6 is 0 Å². The van der Waals surface area contributed by atoms with Crippen LogP contribution in [0, 0.1) is 0 Å². The normalized spacial score (nSPS) is 14.3. The summed E-state index contributed by atoms with van der Waals surface area (Å²) in [6, 6.07) is 24.6. The fourth-order valence-electron chi connectivity index (χ4n) is 4.28. The molecule has 1 heterocycles. The third kappa shape index (κ3) is 4.00. The monoisotopic (exact) mass is 421 g/mol. The fraction of sp³-hybridized carbons (Fsp3) is 0.143. The first-order chi connectivity index (χ1) is 15.7. The van der Waals surface area contributed by atoms with Gasteiger partial charge in [-0.05, 0) is 65.8 Å². The number of aromatic nitrogens is 1. The molecule has 0 bridgehead atoms. The summed E-state index contributed by atoms with van der Waals surface area (Å²) in [5.41, 5.74) is 6.29. The van der Waals surface area contributed by atoms with Gasteiger partial charge < -0.3 is 9.84 Å². The molecule has 0 unspecified atom stereocenters. The maximum atomic E-state index is 13.3. The summed E-state index contributed by atoms with van der Waals surface area (Å²) in [7, 11) is 0. The van der Waals surface area contributed by atoms with E-state index in [1.165, 1.54) is 0 Å². The Kier molecular flexibility index (Phi) is 5.42. The van der Waals surface area contributed by atoms with Crippen molar-refractivity contribution in [1.29, 1.82) is 0 Å². The molecule has 0 aliphatic heterocycles. The van der Waals surface area contributed by atoms with Crippen LogP contribution in [0.2, 0.25) is 0 Å². The van der Waals surface area contributed by atoms with Gasteiger partial charge in [0.15, 0.2) is 0 Å². The first-order valence-electron chi connectivity index (χ1n) is 10.8. The maximum Gasteiger partial charge on any atom is 0.339 e. The van der Waals surface area contributed by atoms with Crippen LogP contribution in [0.5, 0.6) is 5.75 Å². The summed E-state index contributed by atoms with van der Waals surface area (Å²) in [6.45, 7) is 0.237. The van der Waals surface area contributed by atoms with E-state index in [1.807, 2.05) is 66.7 Å². The van der Waals surface area contributed by atoms with Crippen LogP contribution in [-0.2, 0) is 17.8 Å². The lowest BCUT2D eigenvalue weighted by Gasteiger charge is -2.22. The Hall–Kier alpha value is -3.92. The van der Waals surface area contributed by atoms with E-state index in [-0.39, 0.29) is 18.3 Å². The van der Waals surface area contributed by atoms with Crippen molar-refractivity contribution >= 4 is 28.5 Å². The van der Waals surface area contributed by atoms with Crippen LogP contribution in [-0.4, -0.2) is 16.1 Å². The molecule has 3 aromatic carbocycles. The van der Waals surface area contributed by atoms with Crippen LogP contribution in [0.15, 0.2) is 78.9 Å². The first kappa shape index (κ1) is 20.0. The summed E-state index contributed by atoms with van der Waals surface area (Å²) in [5.74, 6) is -0.0710. The number of carbonyl (C=O) groups excluding carboxylic acids is 1. The van der Waals surface area contributed by atoms with Gasteiger partial charge in [-0.1, -0.05) is 60.7 Å². The largest absolute Gasteiger partial charge is 0.508 e. The molecular weight excluding hydrogens is 398 g/mol. The number of benzene rings is 3. The molecule has 0 amide bonds. The Bertz CT molecular complexity index is 1310. The summed E-state index contributed by atoms with van der Waals surface area (Å²) in [4.78, 5) is 18.3. The number of ether oxygens (including phenoxy) is 1. The highest BCUT2D eigenvalue weighted by Crippen LogP contribution is 2.36. The Morgan fingerprint density at radius 3 is 2.50 bits per heavy atom. The number of para-hydroxylation sites is 1. The summed E-state index contributed by atoms with van der Waals surface area (Å²) >= 11 is 0. The number of rotatable bonds is 4. The summed E-state index contributed by atoms with van der Waals surface area (Å²) < 4.78 is 5.74. The van der Waals surface area contributed by atoms with E-state index < -0.39 is 0 Å². The van der Waals surface area contributed by atoms with Gasteiger partial charge in [-0.3, -0.25) is 0 Å². The molecule has 0 atom stereocenters. The smallest absolute Gasteiger partial charge is 0.339 e. The highest BCUT2D eigenvalue weighted by atomic mass is 16.5. The van der Waals surface area contributed by atoms with Gasteiger partial charge in [-0.15, -0.1) is 0 Å². The number of esters is 1. The van der Waals surface area contributed by atoms with E-state index in [2.05, 4.69) is 6.08 Å². The highest BCUT2D eigenvalue weighted by molar-refractivity contribution is 6.06. The Labute approximate surface area is 186 Å². The number of carbonyl (C=O) groups is 1. The van der Waals surface area contributed by atoms with Crippen molar-refractivity contribution in [2.24, 2.45) is 0 Å². The number of pyridine rings is 1. The zero-order chi connectivity index (χ0) is 21.9. The second kappa shape index (κ2) is 8.67.